The van der Waals surface area contributed by atoms with E-state index in [4.69, 9.17) is 10.2 Å². The molecule has 0 fully saturated rings. The summed E-state index contributed by atoms with van der Waals surface area (Å²) in [6.45, 7) is 5.94. The lowest BCUT2D eigenvalue weighted by Gasteiger charge is -2.26. The Balaban J connectivity index is 3.70. The molecule has 1 atom stereocenters. The Bertz CT molecular complexity index is 478. The van der Waals surface area contributed by atoms with Crippen LogP contribution in [0.4, 0.5) is 0 Å². The fraction of sp³-hybridized carbons (Fsp3) is 0.875. The van der Waals surface area contributed by atoms with Gasteiger partial charge in [0.05, 0.1) is 6.42 Å². The lowest BCUT2D eigenvalue weighted by molar-refractivity contribution is -0.150. The highest BCUT2D eigenvalue weighted by molar-refractivity contribution is 5.83. The zero-order valence-corrected chi connectivity index (χ0v) is 19.5. The maximum Gasteiger partial charge on any atom is 0.326 e. The second-order valence-corrected chi connectivity index (χ2v) is 8.92. The number of hydrogen-bond acceptors (Lipinski definition) is 3. The molecule has 0 saturated carbocycles. The molecule has 0 spiro atoms. The first kappa shape index (κ1) is 28.4. The molecular weight excluding hydrogens is 382 g/mol. The van der Waals surface area contributed by atoms with E-state index in [0.717, 1.165) is 25.2 Å². The molecule has 6 heteroatoms. The van der Waals surface area contributed by atoms with Gasteiger partial charge in [-0.05, 0) is 19.3 Å². The van der Waals surface area contributed by atoms with Crippen LogP contribution in [-0.4, -0.2) is 45.5 Å². The molecule has 0 aromatic carbocycles. The highest BCUT2D eigenvalue weighted by Crippen LogP contribution is 2.15. The molecule has 0 unspecified atom stereocenters. The molecule has 0 bridgehead atoms. The topological polar surface area (TPSA) is 94.9 Å². The minimum absolute atomic E-state index is 0.0562. The van der Waals surface area contributed by atoms with Crippen molar-refractivity contribution in [1.82, 2.24) is 4.90 Å². The van der Waals surface area contributed by atoms with Crippen molar-refractivity contribution in [3.05, 3.63) is 0 Å². The monoisotopic (exact) mass is 427 g/mol. The van der Waals surface area contributed by atoms with Crippen molar-refractivity contribution >= 4 is 17.8 Å². The maximum absolute atomic E-state index is 12.3. The van der Waals surface area contributed by atoms with Gasteiger partial charge in [-0.3, -0.25) is 9.59 Å². The summed E-state index contributed by atoms with van der Waals surface area (Å²) in [5, 5.41) is 17.9. The molecule has 0 saturated heterocycles. The summed E-state index contributed by atoms with van der Waals surface area (Å²) in [6.07, 6.45) is 16.0. The lowest BCUT2D eigenvalue weighted by atomic mass is 10.0. The van der Waals surface area contributed by atoms with Gasteiger partial charge < -0.3 is 15.1 Å². The Morgan fingerprint density at radius 1 is 0.667 bits per heavy atom. The van der Waals surface area contributed by atoms with Crippen LogP contribution in [-0.2, 0) is 14.4 Å². The van der Waals surface area contributed by atoms with Crippen molar-refractivity contribution in [3.63, 3.8) is 0 Å². The molecule has 0 aliphatic rings. The van der Waals surface area contributed by atoms with Crippen LogP contribution in [0.2, 0.25) is 0 Å². The largest absolute Gasteiger partial charge is 0.481 e. The summed E-state index contributed by atoms with van der Waals surface area (Å²) in [5.74, 6) is -1.58. The molecule has 176 valence electrons. The highest BCUT2D eigenvalue weighted by atomic mass is 16.4. The molecule has 0 heterocycles. The van der Waals surface area contributed by atoms with Gasteiger partial charge in [-0.15, -0.1) is 0 Å². The van der Waals surface area contributed by atoms with Crippen molar-refractivity contribution in [2.45, 2.75) is 123 Å². The van der Waals surface area contributed by atoms with Gasteiger partial charge in [0, 0.05) is 13.0 Å². The quantitative estimate of drug-likeness (QED) is 0.237. The zero-order valence-electron chi connectivity index (χ0n) is 19.5. The molecule has 2 N–H and O–H groups in total. The number of carboxylic acids is 2. The zero-order chi connectivity index (χ0) is 22.8. The number of aliphatic carboxylic acids is 2. The number of carboxylic acid groups (broad SMARTS) is 2. The predicted octanol–water partition coefficient (Wildman–Crippen LogP) is 5.88. The number of nitrogens with zero attached hydrogens (tertiary/aromatic N) is 1. The summed E-state index contributed by atoms with van der Waals surface area (Å²) in [7, 11) is 0. The number of rotatable bonds is 20. The van der Waals surface area contributed by atoms with E-state index in [9.17, 15) is 14.4 Å². The normalized spacial score (nSPS) is 12.1. The Kier molecular flexibility index (Phi) is 17.2. The van der Waals surface area contributed by atoms with Gasteiger partial charge in [-0.25, -0.2) is 4.79 Å². The highest BCUT2D eigenvalue weighted by Gasteiger charge is 2.25. The van der Waals surface area contributed by atoms with Crippen molar-refractivity contribution in [3.8, 4) is 0 Å². The molecule has 0 aliphatic heterocycles. The number of carbonyl (C=O) groups is 3. The number of hydrogen-bond donors (Lipinski definition) is 2. The fourth-order valence-electron chi connectivity index (χ4n) is 3.62. The van der Waals surface area contributed by atoms with Gasteiger partial charge in [0.15, 0.2) is 0 Å². The molecule has 0 aromatic heterocycles. The standard InChI is InChI=1S/C24H45NO5/c1-20(2)16-14-12-10-8-6-4-5-7-9-11-13-15-17-22(26)25(19-18-23(27)28)21(3)24(29)30/h20-21H,4-19H2,1-3H3,(H,27,28)(H,29,30)/t21-/m0/s1. The molecule has 0 rings (SSSR count). The van der Waals surface area contributed by atoms with Crippen LogP contribution in [0.1, 0.15) is 117 Å². The maximum atomic E-state index is 12.3. The van der Waals surface area contributed by atoms with E-state index in [1.165, 1.54) is 76.0 Å². The summed E-state index contributed by atoms with van der Waals surface area (Å²) in [4.78, 5) is 35.4. The Labute approximate surface area is 183 Å². The third kappa shape index (κ3) is 16.2. The third-order valence-corrected chi connectivity index (χ3v) is 5.63. The van der Waals surface area contributed by atoms with Crippen LogP contribution < -0.4 is 0 Å². The summed E-state index contributed by atoms with van der Waals surface area (Å²) in [6, 6.07) is -0.993. The van der Waals surface area contributed by atoms with Gasteiger partial charge in [0.25, 0.3) is 0 Å². The van der Waals surface area contributed by atoms with Crippen molar-refractivity contribution in [2.75, 3.05) is 6.54 Å². The summed E-state index contributed by atoms with van der Waals surface area (Å²) in [5.41, 5.74) is 0. The summed E-state index contributed by atoms with van der Waals surface area (Å²) >= 11 is 0. The molecule has 0 aromatic rings. The Hall–Kier alpha value is -1.59. The van der Waals surface area contributed by atoms with E-state index in [2.05, 4.69) is 13.8 Å². The molecule has 0 radical (unpaired) electrons. The predicted molar refractivity (Wildman–Crippen MR) is 121 cm³/mol. The SMILES string of the molecule is CC(C)CCCCCCCCCCCCCCC(=O)N(CCC(=O)O)[C@@H](C)C(=O)O. The minimum atomic E-state index is -1.11. The number of carbonyl (C=O) groups excluding carboxylic acids is 1. The number of unbranched alkanes of at least 4 members (excludes halogenated alkanes) is 11. The minimum Gasteiger partial charge on any atom is -0.481 e. The van der Waals surface area contributed by atoms with Gasteiger partial charge in [-0.1, -0.05) is 90.9 Å². The van der Waals surface area contributed by atoms with Gasteiger partial charge in [-0.2, -0.15) is 0 Å². The first-order valence-corrected chi connectivity index (χ1v) is 12.0. The van der Waals surface area contributed by atoms with Gasteiger partial charge in [0.1, 0.15) is 6.04 Å². The van der Waals surface area contributed by atoms with E-state index in [-0.39, 0.29) is 25.3 Å². The third-order valence-electron chi connectivity index (χ3n) is 5.63. The molecule has 30 heavy (non-hydrogen) atoms. The first-order valence-electron chi connectivity index (χ1n) is 12.0. The van der Waals surface area contributed by atoms with Crippen LogP contribution >= 0.6 is 0 Å². The van der Waals surface area contributed by atoms with E-state index in [1.54, 1.807) is 0 Å². The van der Waals surface area contributed by atoms with Crippen LogP contribution in [0.5, 0.6) is 0 Å². The smallest absolute Gasteiger partial charge is 0.326 e. The molecule has 1 amide bonds. The van der Waals surface area contributed by atoms with E-state index in [1.807, 2.05) is 0 Å². The fourth-order valence-corrected chi connectivity index (χ4v) is 3.62. The van der Waals surface area contributed by atoms with Crippen molar-refractivity contribution in [1.29, 1.82) is 0 Å². The second-order valence-electron chi connectivity index (χ2n) is 8.92. The molecule has 0 aliphatic carbocycles. The lowest BCUT2D eigenvalue weighted by Crippen LogP contribution is -2.44. The van der Waals surface area contributed by atoms with Gasteiger partial charge >= 0.3 is 11.9 Å². The van der Waals surface area contributed by atoms with E-state index >= 15 is 0 Å². The van der Waals surface area contributed by atoms with Crippen molar-refractivity contribution < 1.29 is 24.6 Å². The molecule has 6 nitrogen and oxygen atoms in total. The van der Waals surface area contributed by atoms with E-state index < -0.39 is 18.0 Å². The van der Waals surface area contributed by atoms with Crippen LogP contribution in [0.25, 0.3) is 0 Å². The van der Waals surface area contributed by atoms with Crippen LogP contribution in [0.15, 0.2) is 0 Å². The van der Waals surface area contributed by atoms with Crippen LogP contribution in [0.3, 0.4) is 0 Å². The Morgan fingerprint density at radius 2 is 1.10 bits per heavy atom. The van der Waals surface area contributed by atoms with E-state index in [0.29, 0.717) is 0 Å². The number of amides is 1. The summed E-state index contributed by atoms with van der Waals surface area (Å²) < 4.78 is 0. The van der Waals surface area contributed by atoms with Crippen molar-refractivity contribution in [2.24, 2.45) is 5.92 Å². The molecular formula is C24H45NO5. The average molecular weight is 428 g/mol. The van der Waals surface area contributed by atoms with Crippen LogP contribution in [0, 0.1) is 5.92 Å². The average Bonchev–Trinajstić information content (AvgIpc) is 2.67. The van der Waals surface area contributed by atoms with Gasteiger partial charge in [0.2, 0.25) is 5.91 Å². The second kappa shape index (κ2) is 18.2. The first-order chi connectivity index (χ1) is 14.3. The Morgan fingerprint density at radius 3 is 1.50 bits per heavy atom.